The van der Waals surface area contributed by atoms with Crippen LogP contribution in [0.1, 0.15) is 46.0 Å². The van der Waals surface area contributed by atoms with Crippen LogP contribution in [0, 0.1) is 17.8 Å². The van der Waals surface area contributed by atoms with Crippen molar-refractivity contribution in [2.45, 2.75) is 52.0 Å². The number of hydrogen-bond acceptors (Lipinski definition) is 3. The monoisotopic (exact) mass is 270 g/mol. The molecule has 0 aromatic rings. The Morgan fingerprint density at radius 3 is 2.58 bits per heavy atom. The third-order valence-electron chi connectivity index (χ3n) is 3.78. The lowest BCUT2D eigenvalue weighted by Crippen LogP contribution is -2.44. The van der Waals surface area contributed by atoms with Gasteiger partial charge in [0.05, 0.1) is 11.8 Å². The van der Waals surface area contributed by atoms with Gasteiger partial charge in [-0.3, -0.25) is 9.59 Å². The van der Waals surface area contributed by atoms with Gasteiger partial charge in [0, 0.05) is 12.6 Å². The van der Waals surface area contributed by atoms with Crippen molar-refractivity contribution in [3.63, 3.8) is 0 Å². The number of carbonyl (C=O) groups excluding carboxylic acids is 1. The van der Waals surface area contributed by atoms with Crippen LogP contribution in [-0.4, -0.2) is 29.6 Å². The van der Waals surface area contributed by atoms with Crippen LogP contribution in [0.25, 0.3) is 0 Å². The molecule has 5 nitrogen and oxygen atoms in total. The maximum absolute atomic E-state index is 12.1. The molecule has 0 heterocycles. The number of nitrogens with two attached hydrogens (primary N) is 1. The molecule has 1 fully saturated rings. The summed E-state index contributed by atoms with van der Waals surface area (Å²) in [4.78, 5) is 23.1. The number of carboxylic acid groups (broad SMARTS) is 1. The number of aliphatic carboxylic acids is 1. The lowest BCUT2D eigenvalue weighted by molar-refractivity contribution is -0.143. The Balaban J connectivity index is 2.48. The van der Waals surface area contributed by atoms with E-state index >= 15 is 0 Å². The van der Waals surface area contributed by atoms with Crippen molar-refractivity contribution in [1.82, 2.24) is 5.32 Å². The Morgan fingerprint density at radius 2 is 2.05 bits per heavy atom. The van der Waals surface area contributed by atoms with Gasteiger partial charge in [-0.05, 0) is 31.6 Å². The van der Waals surface area contributed by atoms with Crippen molar-refractivity contribution >= 4 is 11.9 Å². The second kappa shape index (κ2) is 7.48. The highest BCUT2D eigenvalue weighted by molar-refractivity contribution is 5.79. The Labute approximate surface area is 114 Å². The maximum Gasteiger partial charge on any atom is 0.306 e. The zero-order chi connectivity index (χ0) is 14.4. The van der Waals surface area contributed by atoms with Gasteiger partial charge in [0.1, 0.15) is 0 Å². The molecule has 1 rings (SSSR count). The number of nitrogens with one attached hydrogen (secondary N) is 1. The SMILES string of the molecule is CC(C)CC(CN)C(=O)NC1CCCC(C(=O)O)C1. The summed E-state index contributed by atoms with van der Waals surface area (Å²) in [5.41, 5.74) is 5.65. The van der Waals surface area contributed by atoms with E-state index in [0.29, 0.717) is 25.3 Å². The average Bonchev–Trinajstić information content (AvgIpc) is 2.35. The number of rotatable bonds is 6. The molecule has 4 N–H and O–H groups in total. The average molecular weight is 270 g/mol. The van der Waals surface area contributed by atoms with Gasteiger partial charge < -0.3 is 16.2 Å². The van der Waals surface area contributed by atoms with Crippen molar-refractivity contribution in [3.8, 4) is 0 Å². The molecule has 0 spiro atoms. The Hall–Kier alpha value is -1.10. The van der Waals surface area contributed by atoms with Crippen molar-refractivity contribution in [2.24, 2.45) is 23.5 Å². The molecule has 5 heteroatoms. The predicted molar refractivity (Wildman–Crippen MR) is 73.5 cm³/mol. The lowest BCUT2D eigenvalue weighted by Gasteiger charge is -2.29. The Morgan fingerprint density at radius 1 is 1.37 bits per heavy atom. The third kappa shape index (κ3) is 5.19. The van der Waals surface area contributed by atoms with Gasteiger partial charge >= 0.3 is 5.97 Å². The van der Waals surface area contributed by atoms with Gasteiger partial charge in [-0.1, -0.05) is 20.3 Å². The highest BCUT2D eigenvalue weighted by Gasteiger charge is 2.29. The van der Waals surface area contributed by atoms with Crippen molar-refractivity contribution in [3.05, 3.63) is 0 Å². The van der Waals surface area contributed by atoms with E-state index in [-0.39, 0.29) is 23.8 Å². The molecule has 3 atom stereocenters. The van der Waals surface area contributed by atoms with Crippen molar-refractivity contribution in [2.75, 3.05) is 6.54 Å². The van der Waals surface area contributed by atoms with E-state index in [1.807, 2.05) is 0 Å². The Kier molecular flexibility index (Phi) is 6.28. The summed E-state index contributed by atoms with van der Waals surface area (Å²) in [5.74, 6) is -0.827. The first-order chi connectivity index (χ1) is 8.93. The molecule has 1 saturated carbocycles. The van der Waals surface area contributed by atoms with Gasteiger partial charge in [0.2, 0.25) is 5.91 Å². The summed E-state index contributed by atoms with van der Waals surface area (Å²) in [5, 5.41) is 12.0. The van der Waals surface area contributed by atoms with Crippen LogP contribution >= 0.6 is 0 Å². The molecule has 0 aliphatic heterocycles. The predicted octanol–water partition coefficient (Wildman–Crippen LogP) is 1.37. The summed E-state index contributed by atoms with van der Waals surface area (Å²) in [7, 11) is 0. The fraction of sp³-hybridized carbons (Fsp3) is 0.857. The highest BCUT2D eigenvalue weighted by atomic mass is 16.4. The number of hydrogen-bond donors (Lipinski definition) is 3. The van der Waals surface area contributed by atoms with Crippen LogP contribution in [0.15, 0.2) is 0 Å². The molecule has 3 unspecified atom stereocenters. The molecule has 0 radical (unpaired) electrons. The zero-order valence-corrected chi connectivity index (χ0v) is 11.9. The highest BCUT2D eigenvalue weighted by Crippen LogP contribution is 2.25. The molecule has 110 valence electrons. The van der Waals surface area contributed by atoms with E-state index in [1.54, 1.807) is 0 Å². The fourth-order valence-electron chi connectivity index (χ4n) is 2.74. The molecule has 0 aromatic heterocycles. The Bertz CT molecular complexity index is 318. The standard InChI is InChI=1S/C14H26N2O3/c1-9(2)6-11(8-15)13(17)16-12-5-3-4-10(7-12)14(18)19/h9-12H,3-8,15H2,1-2H3,(H,16,17)(H,18,19). The summed E-state index contributed by atoms with van der Waals surface area (Å²) < 4.78 is 0. The van der Waals surface area contributed by atoms with Crippen LogP contribution < -0.4 is 11.1 Å². The van der Waals surface area contributed by atoms with Crippen LogP contribution in [0.4, 0.5) is 0 Å². The minimum Gasteiger partial charge on any atom is -0.481 e. The van der Waals surface area contributed by atoms with Crippen LogP contribution in [0.2, 0.25) is 0 Å². The quantitative estimate of drug-likeness (QED) is 0.679. The topological polar surface area (TPSA) is 92.4 Å². The number of carbonyl (C=O) groups is 2. The number of carboxylic acids is 1. The molecular formula is C14H26N2O3. The van der Waals surface area contributed by atoms with Crippen LogP contribution in [0.5, 0.6) is 0 Å². The van der Waals surface area contributed by atoms with E-state index in [1.165, 1.54) is 0 Å². The zero-order valence-electron chi connectivity index (χ0n) is 11.9. The summed E-state index contributed by atoms with van der Waals surface area (Å²) >= 11 is 0. The van der Waals surface area contributed by atoms with E-state index in [2.05, 4.69) is 19.2 Å². The molecule has 0 saturated heterocycles. The first kappa shape index (κ1) is 16.0. The molecular weight excluding hydrogens is 244 g/mol. The smallest absolute Gasteiger partial charge is 0.306 e. The van der Waals surface area contributed by atoms with Crippen molar-refractivity contribution in [1.29, 1.82) is 0 Å². The van der Waals surface area contributed by atoms with E-state index in [4.69, 9.17) is 10.8 Å². The summed E-state index contributed by atoms with van der Waals surface area (Å²) in [6.07, 6.45) is 3.76. The minimum atomic E-state index is -0.753. The maximum atomic E-state index is 12.1. The van der Waals surface area contributed by atoms with Crippen molar-refractivity contribution < 1.29 is 14.7 Å². The third-order valence-corrected chi connectivity index (χ3v) is 3.78. The molecule has 1 aliphatic carbocycles. The molecule has 19 heavy (non-hydrogen) atoms. The van der Waals surface area contributed by atoms with Gasteiger partial charge in [0.25, 0.3) is 0 Å². The molecule has 0 aromatic carbocycles. The minimum absolute atomic E-state index is 0.0106. The second-order valence-electron chi connectivity index (χ2n) is 5.97. The summed E-state index contributed by atoms with van der Waals surface area (Å²) in [6, 6.07) is -0.0106. The van der Waals surface area contributed by atoms with Gasteiger partial charge in [-0.25, -0.2) is 0 Å². The van der Waals surface area contributed by atoms with Gasteiger partial charge in [0.15, 0.2) is 0 Å². The summed E-state index contributed by atoms with van der Waals surface area (Å²) in [6.45, 7) is 4.48. The van der Waals surface area contributed by atoms with E-state index in [9.17, 15) is 9.59 Å². The van der Waals surface area contributed by atoms with Crippen LogP contribution in [-0.2, 0) is 9.59 Å². The largest absolute Gasteiger partial charge is 0.481 e. The number of amides is 1. The molecule has 0 bridgehead atoms. The fourth-order valence-corrected chi connectivity index (χ4v) is 2.74. The van der Waals surface area contributed by atoms with Gasteiger partial charge in [-0.15, -0.1) is 0 Å². The van der Waals surface area contributed by atoms with E-state index in [0.717, 1.165) is 19.3 Å². The molecule has 1 aliphatic rings. The second-order valence-corrected chi connectivity index (χ2v) is 5.97. The lowest BCUT2D eigenvalue weighted by atomic mass is 9.85. The first-order valence-corrected chi connectivity index (χ1v) is 7.17. The van der Waals surface area contributed by atoms with Crippen LogP contribution in [0.3, 0.4) is 0 Å². The first-order valence-electron chi connectivity index (χ1n) is 7.17. The van der Waals surface area contributed by atoms with Gasteiger partial charge in [-0.2, -0.15) is 0 Å². The molecule has 1 amide bonds. The normalized spacial score (nSPS) is 25.1. The van der Waals surface area contributed by atoms with E-state index < -0.39 is 5.97 Å².